The van der Waals surface area contributed by atoms with E-state index in [4.69, 9.17) is 9.15 Å². The summed E-state index contributed by atoms with van der Waals surface area (Å²) in [6.07, 6.45) is 1.50. The van der Waals surface area contributed by atoms with Gasteiger partial charge in [-0.1, -0.05) is 36.8 Å². The molecule has 0 spiro atoms. The van der Waals surface area contributed by atoms with Crippen molar-refractivity contribution < 1.29 is 13.9 Å². The Hall–Kier alpha value is -3.15. The molecule has 146 valence electrons. The monoisotopic (exact) mass is 379 g/mol. The Bertz CT molecular complexity index is 902. The molecule has 0 bridgehead atoms. The fraction of sp³-hybridized carbons (Fsp3) is 0.318. The Kier molecular flexibility index (Phi) is 6.42. The molecule has 2 aromatic carbocycles. The van der Waals surface area contributed by atoms with Crippen molar-refractivity contribution in [3.63, 3.8) is 0 Å². The minimum atomic E-state index is -0.0437. The summed E-state index contributed by atoms with van der Waals surface area (Å²) in [5.41, 5.74) is 3.10. The first kappa shape index (κ1) is 19.6. The number of nitrogens with zero attached hydrogens (tertiary/aromatic N) is 2. The summed E-state index contributed by atoms with van der Waals surface area (Å²) in [6, 6.07) is 15.6. The third-order valence-corrected chi connectivity index (χ3v) is 4.59. The predicted molar refractivity (Wildman–Crippen MR) is 107 cm³/mol. The van der Waals surface area contributed by atoms with Crippen molar-refractivity contribution in [3.05, 3.63) is 65.5 Å². The van der Waals surface area contributed by atoms with Gasteiger partial charge in [0.15, 0.2) is 0 Å². The van der Waals surface area contributed by atoms with Crippen molar-refractivity contribution >= 4 is 5.91 Å². The second-order valence-electron chi connectivity index (χ2n) is 6.67. The number of aryl methyl sites for hydroxylation is 2. The van der Waals surface area contributed by atoms with E-state index in [0.29, 0.717) is 24.6 Å². The third kappa shape index (κ3) is 4.97. The second-order valence-corrected chi connectivity index (χ2v) is 6.67. The van der Waals surface area contributed by atoms with Crippen LogP contribution in [0.15, 0.2) is 52.9 Å². The lowest BCUT2D eigenvalue weighted by Crippen LogP contribution is -2.28. The van der Waals surface area contributed by atoms with Crippen molar-refractivity contribution in [2.45, 2.75) is 39.2 Å². The molecule has 6 nitrogen and oxygen atoms in total. The van der Waals surface area contributed by atoms with E-state index in [1.165, 1.54) is 5.56 Å². The van der Waals surface area contributed by atoms with E-state index in [1.54, 1.807) is 7.11 Å². The van der Waals surface area contributed by atoms with Gasteiger partial charge in [0.1, 0.15) is 5.75 Å². The number of ether oxygens (including phenoxy) is 1. The van der Waals surface area contributed by atoms with Crippen LogP contribution >= 0.6 is 0 Å². The zero-order valence-electron chi connectivity index (χ0n) is 16.4. The molecule has 28 heavy (non-hydrogen) atoms. The summed E-state index contributed by atoms with van der Waals surface area (Å²) in [7, 11) is 1.63. The zero-order chi connectivity index (χ0) is 19.9. The summed E-state index contributed by atoms with van der Waals surface area (Å²) < 4.78 is 10.9. The maximum absolute atomic E-state index is 12.4. The highest BCUT2D eigenvalue weighted by atomic mass is 16.5. The summed E-state index contributed by atoms with van der Waals surface area (Å²) in [6.45, 7) is 4.07. The number of hydrogen-bond donors (Lipinski definition) is 1. The molecule has 1 N–H and O–H groups in total. The lowest BCUT2D eigenvalue weighted by molar-refractivity contribution is -0.121. The molecule has 0 saturated carbocycles. The molecular formula is C22H25N3O3. The smallest absolute Gasteiger partial charge is 0.247 e. The topological polar surface area (TPSA) is 77.3 Å². The zero-order valence-corrected chi connectivity index (χ0v) is 16.4. The molecular weight excluding hydrogens is 354 g/mol. The van der Waals surface area contributed by atoms with E-state index in [1.807, 2.05) is 62.4 Å². The Morgan fingerprint density at radius 2 is 1.82 bits per heavy atom. The number of carbonyl (C=O) groups excluding carboxylic acids is 1. The maximum Gasteiger partial charge on any atom is 0.247 e. The van der Waals surface area contributed by atoms with Crippen LogP contribution < -0.4 is 10.1 Å². The van der Waals surface area contributed by atoms with Crippen LogP contribution in [0, 0.1) is 6.92 Å². The van der Waals surface area contributed by atoms with Crippen molar-refractivity contribution in [1.82, 2.24) is 15.5 Å². The minimum absolute atomic E-state index is 0.0378. The molecule has 3 rings (SSSR count). The van der Waals surface area contributed by atoms with Crippen LogP contribution in [0.1, 0.15) is 42.8 Å². The molecule has 0 fully saturated rings. The van der Waals surface area contributed by atoms with E-state index >= 15 is 0 Å². The predicted octanol–water partition coefficient (Wildman–Crippen LogP) is 4.25. The van der Waals surface area contributed by atoms with Gasteiger partial charge in [-0.3, -0.25) is 4.79 Å². The van der Waals surface area contributed by atoms with Gasteiger partial charge < -0.3 is 14.5 Å². The quantitative estimate of drug-likeness (QED) is 0.633. The SMILES string of the molecule is CCC(NC(=O)CCc1nnc(-c2ccc(C)cc2)o1)c1ccc(OC)cc1. The van der Waals surface area contributed by atoms with Crippen molar-refractivity contribution in [2.24, 2.45) is 0 Å². The Morgan fingerprint density at radius 3 is 2.46 bits per heavy atom. The number of hydrogen-bond acceptors (Lipinski definition) is 5. The van der Waals surface area contributed by atoms with Gasteiger partial charge in [0.05, 0.1) is 13.2 Å². The number of methoxy groups -OCH3 is 1. The van der Waals surface area contributed by atoms with E-state index in [0.717, 1.165) is 23.3 Å². The van der Waals surface area contributed by atoms with Crippen LogP contribution in [0.3, 0.4) is 0 Å². The molecule has 0 saturated heterocycles. The van der Waals surface area contributed by atoms with Gasteiger partial charge in [-0.2, -0.15) is 0 Å². The number of amides is 1. The summed E-state index contributed by atoms with van der Waals surface area (Å²) in [4.78, 5) is 12.4. The molecule has 1 amide bonds. The first-order chi connectivity index (χ1) is 13.6. The van der Waals surface area contributed by atoms with Crippen LogP contribution in [-0.2, 0) is 11.2 Å². The largest absolute Gasteiger partial charge is 0.497 e. The molecule has 0 radical (unpaired) electrons. The van der Waals surface area contributed by atoms with E-state index in [-0.39, 0.29) is 11.9 Å². The number of carbonyl (C=O) groups is 1. The molecule has 1 heterocycles. The standard InChI is InChI=1S/C22H25N3O3/c1-4-19(16-9-11-18(27-3)12-10-16)23-20(26)13-14-21-24-25-22(28-21)17-7-5-15(2)6-8-17/h5-12,19H,4,13-14H2,1-3H3,(H,23,26). The molecule has 0 aliphatic heterocycles. The van der Waals surface area contributed by atoms with Gasteiger partial charge in [-0.05, 0) is 43.2 Å². The molecule has 0 aliphatic rings. The summed E-state index contributed by atoms with van der Waals surface area (Å²) in [5.74, 6) is 1.69. The van der Waals surface area contributed by atoms with Crippen molar-refractivity contribution in [2.75, 3.05) is 7.11 Å². The van der Waals surface area contributed by atoms with Crippen LogP contribution in [0.25, 0.3) is 11.5 Å². The molecule has 0 aliphatic carbocycles. The number of benzene rings is 2. The van der Waals surface area contributed by atoms with Crippen LogP contribution in [0.4, 0.5) is 0 Å². The average molecular weight is 379 g/mol. The first-order valence-corrected chi connectivity index (χ1v) is 9.41. The molecule has 1 aromatic heterocycles. The van der Waals surface area contributed by atoms with Crippen LogP contribution in [0.5, 0.6) is 5.75 Å². The minimum Gasteiger partial charge on any atom is -0.497 e. The Morgan fingerprint density at radius 1 is 1.11 bits per heavy atom. The van der Waals surface area contributed by atoms with Gasteiger partial charge in [-0.15, -0.1) is 10.2 Å². The van der Waals surface area contributed by atoms with Gasteiger partial charge >= 0.3 is 0 Å². The van der Waals surface area contributed by atoms with Crippen LogP contribution in [0.2, 0.25) is 0 Å². The number of rotatable bonds is 8. The number of nitrogens with one attached hydrogen (secondary N) is 1. The fourth-order valence-corrected chi connectivity index (χ4v) is 2.91. The highest BCUT2D eigenvalue weighted by Gasteiger charge is 2.15. The second kappa shape index (κ2) is 9.17. The third-order valence-electron chi connectivity index (χ3n) is 4.59. The van der Waals surface area contributed by atoms with Gasteiger partial charge in [0.25, 0.3) is 0 Å². The Balaban J connectivity index is 1.55. The van der Waals surface area contributed by atoms with E-state index in [2.05, 4.69) is 15.5 Å². The Labute approximate surface area is 164 Å². The highest BCUT2D eigenvalue weighted by molar-refractivity contribution is 5.76. The molecule has 1 unspecified atom stereocenters. The first-order valence-electron chi connectivity index (χ1n) is 9.41. The van der Waals surface area contributed by atoms with Gasteiger partial charge in [0, 0.05) is 18.4 Å². The molecule has 6 heteroatoms. The molecule has 3 aromatic rings. The molecule has 1 atom stereocenters. The normalized spacial score (nSPS) is 11.8. The lowest BCUT2D eigenvalue weighted by Gasteiger charge is -2.17. The van der Waals surface area contributed by atoms with Crippen LogP contribution in [-0.4, -0.2) is 23.2 Å². The van der Waals surface area contributed by atoms with Gasteiger partial charge in [-0.25, -0.2) is 0 Å². The van der Waals surface area contributed by atoms with Crippen molar-refractivity contribution in [1.29, 1.82) is 0 Å². The summed E-state index contributed by atoms with van der Waals surface area (Å²) >= 11 is 0. The van der Waals surface area contributed by atoms with E-state index in [9.17, 15) is 4.79 Å². The van der Waals surface area contributed by atoms with Crippen molar-refractivity contribution in [3.8, 4) is 17.2 Å². The van der Waals surface area contributed by atoms with E-state index < -0.39 is 0 Å². The number of aromatic nitrogens is 2. The fourth-order valence-electron chi connectivity index (χ4n) is 2.91. The van der Waals surface area contributed by atoms with Gasteiger partial charge in [0.2, 0.25) is 17.7 Å². The average Bonchev–Trinajstić information content (AvgIpc) is 3.20. The highest BCUT2D eigenvalue weighted by Crippen LogP contribution is 2.21. The lowest BCUT2D eigenvalue weighted by atomic mass is 10.0. The maximum atomic E-state index is 12.4. The summed E-state index contributed by atoms with van der Waals surface area (Å²) in [5, 5.41) is 11.2.